The van der Waals surface area contributed by atoms with E-state index in [1.165, 1.54) is 24.4 Å². The Bertz CT molecular complexity index is 607. The third-order valence-corrected chi connectivity index (χ3v) is 2.88. The van der Waals surface area contributed by atoms with E-state index in [1.807, 2.05) is 0 Å². The normalized spacial score (nSPS) is 10.4. The Morgan fingerprint density at radius 2 is 2.28 bits per heavy atom. The van der Waals surface area contributed by atoms with Gasteiger partial charge in [-0.3, -0.25) is 4.79 Å². The van der Waals surface area contributed by atoms with Crippen molar-refractivity contribution in [2.24, 2.45) is 0 Å². The van der Waals surface area contributed by atoms with E-state index in [4.69, 9.17) is 11.6 Å². The number of aromatic nitrogens is 2. The Kier molecular flexibility index (Phi) is 3.62. The van der Waals surface area contributed by atoms with E-state index in [-0.39, 0.29) is 22.7 Å². The van der Waals surface area contributed by atoms with Gasteiger partial charge in [0, 0.05) is 23.7 Å². The van der Waals surface area contributed by atoms with Gasteiger partial charge in [0.05, 0.1) is 18.4 Å². The lowest BCUT2D eigenvalue weighted by atomic mass is 10.2. The fourth-order valence-electron chi connectivity index (χ4n) is 1.52. The molecule has 0 radical (unpaired) electrons. The van der Waals surface area contributed by atoms with Crippen LogP contribution >= 0.6 is 11.6 Å². The maximum Gasteiger partial charge on any atom is 0.269 e. The zero-order valence-corrected chi connectivity index (χ0v) is 10.4. The maximum atomic E-state index is 13.6. The number of nitrogens with zero attached hydrogens (tertiary/aromatic N) is 2. The zero-order valence-electron chi connectivity index (χ0n) is 9.65. The summed E-state index contributed by atoms with van der Waals surface area (Å²) in [5.41, 5.74) is 0.544. The highest BCUT2D eigenvalue weighted by Gasteiger charge is 2.09. The van der Waals surface area contributed by atoms with Crippen LogP contribution < -0.4 is 10.9 Å². The van der Waals surface area contributed by atoms with Crippen molar-refractivity contribution in [2.45, 2.75) is 6.54 Å². The van der Waals surface area contributed by atoms with E-state index in [9.17, 15) is 9.18 Å². The summed E-state index contributed by atoms with van der Waals surface area (Å²) in [5, 5.41) is 7.03. The predicted molar refractivity (Wildman–Crippen MR) is 68.6 cm³/mol. The first-order valence-corrected chi connectivity index (χ1v) is 5.67. The third kappa shape index (κ3) is 2.51. The summed E-state index contributed by atoms with van der Waals surface area (Å²) in [7, 11) is 1.69. The second kappa shape index (κ2) is 5.18. The number of anilines is 1. The van der Waals surface area contributed by atoms with Gasteiger partial charge in [0.1, 0.15) is 5.82 Å². The molecule has 94 valence electrons. The molecule has 18 heavy (non-hydrogen) atoms. The van der Waals surface area contributed by atoms with Gasteiger partial charge in [0.25, 0.3) is 5.56 Å². The molecule has 0 amide bonds. The number of nitrogens with one attached hydrogen (secondary N) is 1. The minimum atomic E-state index is -0.450. The quantitative estimate of drug-likeness (QED) is 0.927. The van der Waals surface area contributed by atoms with Gasteiger partial charge in [-0.05, 0) is 12.1 Å². The second-order valence-corrected chi connectivity index (χ2v) is 4.10. The molecule has 0 fully saturated rings. The standard InChI is InChI=1S/C12H11ClFN3O/c1-15-8-5-12(18)17(16-6-8)7-9-10(13)3-2-4-11(9)14/h2-6,15H,7H2,1H3. The Balaban J connectivity index is 2.38. The monoisotopic (exact) mass is 267 g/mol. The van der Waals surface area contributed by atoms with Crippen LogP contribution in [0.2, 0.25) is 5.02 Å². The van der Waals surface area contributed by atoms with Crippen LogP contribution in [0, 0.1) is 5.82 Å². The molecular weight excluding hydrogens is 257 g/mol. The molecule has 1 aromatic carbocycles. The third-order valence-electron chi connectivity index (χ3n) is 2.53. The Morgan fingerprint density at radius 3 is 2.89 bits per heavy atom. The van der Waals surface area contributed by atoms with Crippen LogP contribution in [0.25, 0.3) is 0 Å². The lowest BCUT2D eigenvalue weighted by Gasteiger charge is -2.08. The topological polar surface area (TPSA) is 46.9 Å². The number of halogens is 2. The van der Waals surface area contributed by atoms with Crippen LogP contribution in [-0.2, 0) is 6.54 Å². The van der Waals surface area contributed by atoms with E-state index in [0.717, 1.165) is 4.68 Å². The molecule has 2 rings (SSSR count). The highest BCUT2D eigenvalue weighted by molar-refractivity contribution is 6.31. The van der Waals surface area contributed by atoms with Gasteiger partial charge in [-0.1, -0.05) is 17.7 Å². The van der Waals surface area contributed by atoms with Crippen molar-refractivity contribution in [1.82, 2.24) is 9.78 Å². The van der Waals surface area contributed by atoms with E-state index in [0.29, 0.717) is 5.69 Å². The molecule has 4 nitrogen and oxygen atoms in total. The number of hydrogen-bond acceptors (Lipinski definition) is 3. The van der Waals surface area contributed by atoms with Crippen molar-refractivity contribution in [1.29, 1.82) is 0 Å². The summed E-state index contributed by atoms with van der Waals surface area (Å²) < 4.78 is 14.7. The molecule has 1 N–H and O–H groups in total. The highest BCUT2D eigenvalue weighted by atomic mass is 35.5. The molecule has 0 aliphatic rings. The van der Waals surface area contributed by atoms with Crippen molar-refractivity contribution >= 4 is 17.3 Å². The van der Waals surface area contributed by atoms with Crippen LogP contribution in [0.1, 0.15) is 5.56 Å². The van der Waals surface area contributed by atoms with Gasteiger partial charge in [-0.15, -0.1) is 0 Å². The lowest BCUT2D eigenvalue weighted by molar-refractivity contribution is 0.573. The SMILES string of the molecule is CNc1cnn(Cc2c(F)cccc2Cl)c(=O)c1. The van der Waals surface area contributed by atoms with E-state index >= 15 is 0 Å². The minimum absolute atomic E-state index is 0.00827. The fourth-order valence-corrected chi connectivity index (χ4v) is 1.74. The molecule has 0 aliphatic carbocycles. The van der Waals surface area contributed by atoms with Crippen LogP contribution in [-0.4, -0.2) is 16.8 Å². The predicted octanol–water partition coefficient (Wildman–Crippen LogP) is 2.13. The average molecular weight is 268 g/mol. The Labute approximate surface area is 108 Å². The highest BCUT2D eigenvalue weighted by Crippen LogP contribution is 2.19. The number of rotatable bonds is 3. The van der Waals surface area contributed by atoms with Crippen LogP contribution in [0.15, 0.2) is 35.3 Å². The van der Waals surface area contributed by atoms with Gasteiger partial charge < -0.3 is 5.32 Å². The van der Waals surface area contributed by atoms with Gasteiger partial charge in [0.15, 0.2) is 0 Å². The smallest absolute Gasteiger partial charge is 0.269 e. The summed E-state index contributed by atoms with van der Waals surface area (Å²) in [6, 6.07) is 5.78. The molecular formula is C12H11ClFN3O. The molecule has 0 aliphatic heterocycles. The number of hydrogen-bond donors (Lipinski definition) is 1. The van der Waals surface area contributed by atoms with Gasteiger partial charge in [-0.25, -0.2) is 9.07 Å². The fraction of sp³-hybridized carbons (Fsp3) is 0.167. The summed E-state index contributed by atoms with van der Waals surface area (Å²) in [6.07, 6.45) is 1.50. The van der Waals surface area contributed by atoms with Gasteiger partial charge in [-0.2, -0.15) is 5.10 Å². The zero-order chi connectivity index (χ0) is 13.1. The first-order chi connectivity index (χ1) is 8.61. The minimum Gasteiger partial charge on any atom is -0.387 e. The molecule has 0 unspecified atom stereocenters. The summed E-state index contributed by atoms with van der Waals surface area (Å²) in [6.45, 7) is 0.00827. The Hall–Kier alpha value is -1.88. The lowest BCUT2D eigenvalue weighted by Crippen LogP contribution is -2.23. The van der Waals surface area contributed by atoms with Crippen LogP contribution in [0.4, 0.5) is 10.1 Å². The van der Waals surface area contributed by atoms with E-state index in [2.05, 4.69) is 10.4 Å². The molecule has 0 atom stereocenters. The summed E-state index contributed by atoms with van der Waals surface area (Å²) >= 11 is 5.89. The van der Waals surface area contributed by atoms with Crippen molar-refractivity contribution in [3.8, 4) is 0 Å². The molecule has 2 aromatic rings. The first-order valence-electron chi connectivity index (χ1n) is 5.29. The van der Waals surface area contributed by atoms with Crippen molar-refractivity contribution in [2.75, 3.05) is 12.4 Å². The van der Waals surface area contributed by atoms with Crippen molar-refractivity contribution in [3.63, 3.8) is 0 Å². The summed E-state index contributed by atoms with van der Waals surface area (Å²) in [4.78, 5) is 11.7. The largest absolute Gasteiger partial charge is 0.387 e. The van der Waals surface area contributed by atoms with Crippen molar-refractivity contribution < 1.29 is 4.39 Å². The molecule has 1 heterocycles. The molecule has 6 heteroatoms. The Morgan fingerprint density at radius 1 is 1.50 bits per heavy atom. The molecule has 0 saturated heterocycles. The second-order valence-electron chi connectivity index (χ2n) is 3.69. The molecule has 0 spiro atoms. The molecule has 0 bridgehead atoms. The summed E-state index contributed by atoms with van der Waals surface area (Å²) in [5.74, 6) is -0.450. The van der Waals surface area contributed by atoms with Gasteiger partial charge in [0.2, 0.25) is 0 Å². The van der Waals surface area contributed by atoms with Crippen LogP contribution in [0.5, 0.6) is 0 Å². The van der Waals surface area contributed by atoms with Gasteiger partial charge >= 0.3 is 0 Å². The van der Waals surface area contributed by atoms with Crippen LogP contribution in [0.3, 0.4) is 0 Å². The average Bonchev–Trinajstić information content (AvgIpc) is 2.35. The maximum absolute atomic E-state index is 13.6. The van der Waals surface area contributed by atoms with E-state index < -0.39 is 5.82 Å². The number of benzene rings is 1. The first kappa shape index (κ1) is 12.6. The molecule has 1 aromatic heterocycles. The van der Waals surface area contributed by atoms with Crippen molar-refractivity contribution in [3.05, 3.63) is 57.2 Å². The molecule has 0 saturated carbocycles. The van der Waals surface area contributed by atoms with E-state index in [1.54, 1.807) is 13.1 Å².